The second kappa shape index (κ2) is 6.41. The topological polar surface area (TPSA) is 41.6 Å². The molecule has 1 amide bonds. The smallest absolute Gasteiger partial charge is 0.378 e. The van der Waals surface area contributed by atoms with Gasteiger partial charge in [0.25, 0.3) is 5.91 Å². The number of halogens is 3. The average Bonchev–Trinajstić information content (AvgIpc) is 2.90. The molecule has 0 saturated carbocycles. The number of nitrogens with one attached hydrogen (secondary N) is 1. The summed E-state index contributed by atoms with van der Waals surface area (Å²) in [4.78, 5) is 14.1. The predicted octanol–water partition coefficient (Wildman–Crippen LogP) is 3.35. The largest absolute Gasteiger partial charge is 0.416 e. The van der Waals surface area contributed by atoms with Crippen molar-refractivity contribution >= 4 is 11.6 Å². The maximum atomic E-state index is 13.6. The van der Waals surface area contributed by atoms with E-state index in [1.165, 1.54) is 4.90 Å². The number of benzene rings is 2. The zero-order valence-electron chi connectivity index (χ0n) is 13.8. The van der Waals surface area contributed by atoms with E-state index in [-0.39, 0.29) is 30.3 Å². The molecule has 0 radical (unpaired) electrons. The van der Waals surface area contributed by atoms with Crippen molar-refractivity contribution in [3.63, 3.8) is 0 Å². The van der Waals surface area contributed by atoms with E-state index in [0.717, 1.165) is 6.07 Å². The first-order chi connectivity index (χ1) is 12.4. The zero-order valence-corrected chi connectivity index (χ0v) is 13.8. The van der Waals surface area contributed by atoms with Gasteiger partial charge in [0.2, 0.25) is 0 Å². The fourth-order valence-corrected chi connectivity index (χ4v) is 3.26. The molecular formula is C19H17F3N2O2. The van der Waals surface area contributed by atoms with Crippen LogP contribution in [0.25, 0.3) is 0 Å². The van der Waals surface area contributed by atoms with Crippen molar-refractivity contribution in [1.82, 2.24) is 5.32 Å². The predicted molar refractivity (Wildman–Crippen MR) is 89.8 cm³/mol. The lowest BCUT2D eigenvalue weighted by molar-refractivity contribution is -0.138. The van der Waals surface area contributed by atoms with E-state index in [2.05, 4.69) is 5.32 Å². The summed E-state index contributed by atoms with van der Waals surface area (Å²) < 4.78 is 45.8. The number of anilines is 1. The van der Waals surface area contributed by atoms with Crippen LogP contribution in [0.2, 0.25) is 0 Å². The van der Waals surface area contributed by atoms with Crippen LogP contribution in [0.1, 0.15) is 27.0 Å². The first-order valence-electron chi connectivity index (χ1n) is 8.34. The molecule has 2 aromatic rings. The molecule has 1 N–H and O–H groups in total. The van der Waals surface area contributed by atoms with Crippen molar-refractivity contribution in [3.8, 4) is 0 Å². The van der Waals surface area contributed by atoms with E-state index in [4.69, 9.17) is 4.74 Å². The molecule has 0 spiro atoms. The Morgan fingerprint density at radius 1 is 1.15 bits per heavy atom. The van der Waals surface area contributed by atoms with Crippen LogP contribution in [0.4, 0.5) is 18.9 Å². The lowest BCUT2D eigenvalue weighted by atomic mass is 9.98. The summed E-state index contributed by atoms with van der Waals surface area (Å²) in [7, 11) is 0. The fraction of sp³-hybridized carbons (Fsp3) is 0.316. The second-order valence-electron chi connectivity index (χ2n) is 6.51. The number of hydrogen-bond acceptors (Lipinski definition) is 3. The number of ether oxygens (including phenoxy) is 1. The molecule has 2 aliphatic heterocycles. The van der Waals surface area contributed by atoms with Crippen LogP contribution in [0.15, 0.2) is 42.5 Å². The summed E-state index contributed by atoms with van der Waals surface area (Å²) in [6.45, 7) is 1.30. The Balaban J connectivity index is 1.69. The van der Waals surface area contributed by atoms with Crippen molar-refractivity contribution in [2.45, 2.75) is 25.3 Å². The maximum absolute atomic E-state index is 13.6. The van der Waals surface area contributed by atoms with E-state index >= 15 is 0 Å². The monoisotopic (exact) mass is 362 g/mol. The molecule has 0 aromatic heterocycles. The van der Waals surface area contributed by atoms with Crippen LogP contribution >= 0.6 is 0 Å². The van der Waals surface area contributed by atoms with E-state index < -0.39 is 17.6 Å². The number of alkyl halides is 3. The Hall–Kier alpha value is -2.38. The second-order valence-corrected chi connectivity index (χ2v) is 6.51. The van der Waals surface area contributed by atoms with Crippen molar-refractivity contribution in [2.75, 3.05) is 18.1 Å². The van der Waals surface area contributed by atoms with Crippen molar-refractivity contribution < 1.29 is 22.7 Å². The minimum atomic E-state index is -4.51. The third-order valence-corrected chi connectivity index (χ3v) is 4.71. The SMILES string of the molecule is O=C1c2cc(CNC3COC3)cc(C(F)(F)F)c2CN1c1ccccc1. The van der Waals surface area contributed by atoms with E-state index in [9.17, 15) is 18.0 Å². The van der Waals surface area contributed by atoms with Crippen molar-refractivity contribution in [1.29, 1.82) is 0 Å². The molecule has 1 fully saturated rings. The summed E-state index contributed by atoms with van der Waals surface area (Å²) in [5, 5.41) is 3.15. The summed E-state index contributed by atoms with van der Waals surface area (Å²) in [5.74, 6) is -0.398. The number of rotatable bonds is 4. The third-order valence-electron chi connectivity index (χ3n) is 4.71. The lowest BCUT2D eigenvalue weighted by Crippen LogP contribution is -2.45. The Kier molecular flexibility index (Phi) is 4.20. The van der Waals surface area contributed by atoms with Gasteiger partial charge in [-0.3, -0.25) is 4.79 Å². The molecule has 0 aliphatic carbocycles. The van der Waals surface area contributed by atoms with Gasteiger partial charge in [-0.05, 0) is 35.4 Å². The highest BCUT2D eigenvalue weighted by atomic mass is 19.4. The molecule has 2 aromatic carbocycles. The van der Waals surface area contributed by atoms with E-state index in [0.29, 0.717) is 24.5 Å². The standard InChI is InChI=1S/C19H17F3N2O2/c20-19(21,22)17-7-12(8-23-13-10-26-11-13)6-15-16(17)9-24(18(15)25)14-4-2-1-3-5-14/h1-7,13,23H,8-11H2. The van der Waals surface area contributed by atoms with Crippen LogP contribution in [0.3, 0.4) is 0 Å². The lowest BCUT2D eigenvalue weighted by Gasteiger charge is -2.27. The van der Waals surface area contributed by atoms with Gasteiger partial charge in [-0.1, -0.05) is 18.2 Å². The highest BCUT2D eigenvalue weighted by Crippen LogP contribution is 2.39. The summed E-state index contributed by atoms with van der Waals surface area (Å²) in [6.07, 6.45) is -4.51. The summed E-state index contributed by atoms with van der Waals surface area (Å²) in [5.41, 5.74) is 0.482. The molecule has 136 valence electrons. The summed E-state index contributed by atoms with van der Waals surface area (Å²) >= 11 is 0. The molecule has 2 aliphatic rings. The third kappa shape index (κ3) is 3.08. The first-order valence-corrected chi connectivity index (χ1v) is 8.34. The normalized spacial score (nSPS) is 17.3. The first kappa shape index (κ1) is 17.1. The Labute approximate surface area is 148 Å². The molecule has 2 heterocycles. The molecule has 26 heavy (non-hydrogen) atoms. The van der Waals surface area contributed by atoms with Gasteiger partial charge in [-0.25, -0.2) is 0 Å². The zero-order chi connectivity index (χ0) is 18.3. The molecule has 4 nitrogen and oxygen atoms in total. The fourth-order valence-electron chi connectivity index (χ4n) is 3.26. The maximum Gasteiger partial charge on any atom is 0.416 e. The number of para-hydroxylation sites is 1. The van der Waals surface area contributed by atoms with Crippen LogP contribution in [-0.4, -0.2) is 25.2 Å². The molecule has 7 heteroatoms. The highest BCUT2D eigenvalue weighted by Gasteiger charge is 2.40. The number of hydrogen-bond donors (Lipinski definition) is 1. The molecular weight excluding hydrogens is 345 g/mol. The van der Waals surface area contributed by atoms with E-state index in [1.807, 2.05) is 0 Å². The Bertz CT molecular complexity index is 833. The van der Waals surface area contributed by atoms with Gasteiger partial charge in [-0.15, -0.1) is 0 Å². The van der Waals surface area contributed by atoms with Gasteiger partial charge in [-0.2, -0.15) is 13.2 Å². The Morgan fingerprint density at radius 2 is 1.88 bits per heavy atom. The van der Waals surface area contributed by atoms with Gasteiger partial charge in [0.05, 0.1) is 31.4 Å². The van der Waals surface area contributed by atoms with Gasteiger partial charge in [0.1, 0.15) is 0 Å². The summed E-state index contributed by atoms with van der Waals surface area (Å²) in [6, 6.07) is 11.6. The molecule has 0 atom stereocenters. The average molecular weight is 362 g/mol. The molecule has 0 bridgehead atoms. The minimum Gasteiger partial charge on any atom is -0.378 e. The number of amides is 1. The van der Waals surface area contributed by atoms with Gasteiger partial charge in [0, 0.05) is 17.8 Å². The quantitative estimate of drug-likeness (QED) is 0.907. The highest BCUT2D eigenvalue weighted by molar-refractivity contribution is 6.10. The number of carbonyl (C=O) groups is 1. The Morgan fingerprint density at radius 3 is 2.50 bits per heavy atom. The number of nitrogens with zero attached hydrogens (tertiary/aromatic N) is 1. The number of fused-ring (bicyclic) bond motifs is 1. The molecule has 4 rings (SSSR count). The molecule has 1 saturated heterocycles. The van der Waals surface area contributed by atoms with Gasteiger partial charge < -0.3 is 15.0 Å². The van der Waals surface area contributed by atoms with Crippen molar-refractivity contribution in [2.24, 2.45) is 0 Å². The van der Waals surface area contributed by atoms with Crippen LogP contribution in [-0.2, 0) is 24.0 Å². The minimum absolute atomic E-state index is 0.0436. The number of carbonyl (C=O) groups excluding carboxylic acids is 1. The van der Waals surface area contributed by atoms with E-state index in [1.54, 1.807) is 36.4 Å². The van der Waals surface area contributed by atoms with Gasteiger partial charge >= 0.3 is 6.18 Å². The van der Waals surface area contributed by atoms with Crippen LogP contribution in [0, 0.1) is 0 Å². The van der Waals surface area contributed by atoms with Crippen molar-refractivity contribution in [3.05, 3.63) is 64.7 Å². The van der Waals surface area contributed by atoms with Crippen LogP contribution in [0.5, 0.6) is 0 Å². The molecule has 0 unspecified atom stereocenters. The van der Waals surface area contributed by atoms with Crippen LogP contribution < -0.4 is 10.2 Å². The van der Waals surface area contributed by atoms with Gasteiger partial charge in [0.15, 0.2) is 0 Å².